The van der Waals surface area contributed by atoms with Crippen LogP contribution in [-0.2, 0) is 9.53 Å². The molecular weight excluding hydrogens is 392 g/mol. The minimum Gasteiger partial charge on any atom is -0.490 e. The zero-order chi connectivity index (χ0) is 20.1. The third kappa shape index (κ3) is 4.68. The maximum Gasteiger partial charge on any atom is 0.338 e. The largest absolute Gasteiger partial charge is 0.490 e. The SMILES string of the molecule is O=C(COC(=O)c1ccc(Cl)c([N+](=O)[O-])c1)Nc1ccc2c(c1)OCCCO2. The third-order valence-electron chi connectivity index (χ3n) is 3.74. The van der Waals surface area contributed by atoms with Gasteiger partial charge in [0.1, 0.15) is 5.02 Å². The highest BCUT2D eigenvalue weighted by molar-refractivity contribution is 6.32. The van der Waals surface area contributed by atoms with Gasteiger partial charge in [-0.3, -0.25) is 14.9 Å². The van der Waals surface area contributed by atoms with Crippen LogP contribution in [0.4, 0.5) is 11.4 Å². The summed E-state index contributed by atoms with van der Waals surface area (Å²) in [6, 6.07) is 8.41. The molecule has 10 heteroatoms. The molecule has 0 spiro atoms. The molecule has 2 aromatic carbocycles. The lowest BCUT2D eigenvalue weighted by molar-refractivity contribution is -0.384. The highest BCUT2D eigenvalue weighted by Crippen LogP contribution is 2.32. The molecule has 1 aliphatic rings. The van der Waals surface area contributed by atoms with Gasteiger partial charge in [0, 0.05) is 24.2 Å². The second-order valence-electron chi connectivity index (χ2n) is 5.76. The van der Waals surface area contributed by atoms with E-state index in [2.05, 4.69) is 5.32 Å². The number of nitro groups is 1. The van der Waals surface area contributed by atoms with E-state index in [1.54, 1.807) is 18.2 Å². The predicted octanol–water partition coefficient (Wildman–Crippen LogP) is 3.21. The predicted molar refractivity (Wildman–Crippen MR) is 99.1 cm³/mol. The number of hydrogen-bond acceptors (Lipinski definition) is 7. The van der Waals surface area contributed by atoms with Crippen molar-refractivity contribution in [3.63, 3.8) is 0 Å². The molecule has 1 amide bonds. The van der Waals surface area contributed by atoms with Crippen LogP contribution in [0.25, 0.3) is 0 Å². The average molecular weight is 407 g/mol. The molecule has 0 saturated heterocycles. The summed E-state index contributed by atoms with van der Waals surface area (Å²) in [6.07, 6.45) is 0.759. The lowest BCUT2D eigenvalue weighted by Crippen LogP contribution is -2.21. The summed E-state index contributed by atoms with van der Waals surface area (Å²) >= 11 is 5.70. The number of nitro benzene ring substituents is 1. The molecule has 3 rings (SSSR count). The van der Waals surface area contributed by atoms with E-state index in [0.717, 1.165) is 12.5 Å². The van der Waals surface area contributed by atoms with Gasteiger partial charge in [0.15, 0.2) is 18.1 Å². The summed E-state index contributed by atoms with van der Waals surface area (Å²) in [4.78, 5) is 34.2. The topological polar surface area (TPSA) is 117 Å². The minimum atomic E-state index is -0.881. The first-order valence-electron chi connectivity index (χ1n) is 8.24. The van der Waals surface area contributed by atoms with Crippen molar-refractivity contribution in [1.29, 1.82) is 0 Å². The molecule has 146 valence electrons. The second kappa shape index (κ2) is 8.57. The van der Waals surface area contributed by atoms with Gasteiger partial charge in [-0.15, -0.1) is 0 Å². The van der Waals surface area contributed by atoms with Crippen molar-refractivity contribution < 1.29 is 28.7 Å². The highest BCUT2D eigenvalue weighted by atomic mass is 35.5. The van der Waals surface area contributed by atoms with Crippen LogP contribution < -0.4 is 14.8 Å². The molecule has 0 aromatic heterocycles. The van der Waals surface area contributed by atoms with Crippen molar-refractivity contribution in [2.24, 2.45) is 0 Å². The summed E-state index contributed by atoms with van der Waals surface area (Å²) < 4.78 is 15.9. The summed E-state index contributed by atoms with van der Waals surface area (Å²) in [6.45, 7) is 0.496. The first-order valence-corrected chi connectivity index (χ1v) is 8.62. The summed E-state index contributed by atoms with van der Waals surface area (Å²) in [7, 11) is 0. The Labute approximate surface area is 164 Å². The van der Waals surface area contributed by atoms with Crippen molar-refractivity contribution in [3.05, 3.63) is 57.1 Å². The highest BCUT2D eigenvalue weighted by Gasteiger charge is 2.18. The van der Waals surface area contributed by atoms with E-state index in [9.17, 15) is 19.7 Å². The van der Waals surface area contributed by atoms with Gasteiger partial charge in [0.2, 0.25) is 0 Å². The maximum atomic E-state index is 12.0. The molecular formula is C18H15ClN2O7. The number of benzene rings is 2. The monoisotopic (exact) mass is 406 g/mol. The average Bonchev–Trinajstić information content (AvgIpc) is 2.91. The number of hydrogen-bond donors (Lipinski definition) is 1. The fourth-order valence-electron chi connectivity index (χ4n) is 2.43. The lowest BCUT2D eigenvalue weighted by Gasteiger charge is -2.10. The third-order valence-corrected chi connectivity index (χ3v) is 4.06. The zero-order valence-electron chi connectivity index (χ0n) is 14.5. The molecule has 0 atom stereocenters. The normalized spacial score (nSPS) is 12.6. The van der Waals surface area contributed by atoms with Crippen LogP contribution >= 0.6 is 11.6 Å². The van der Waals surface area contributed by atoms with E-state index in [0.29, 0.717) is 30.4 Å². The number of amides is 1. The molecule has 0 aliphatic carbocycles. The van der Waals surface area contributed by atoms with Crippen molar-refractivity contribution in [1.82, 2.24) is 0 Å². The van der Waals surface area contributed by atoms with Crippen LogP contribution in [0, 0.1) is 10.1 Å². The van der Waals surface area contributed by atoms with Crippen molar-refractivity contribution in [2.45, 2.75) is 6.42 Å². The molecule has 0 unspecified atom stereocenters. The van der Waals surface area contributed by atoms with Gasteiger partial charge in [0.05, 0.1) is 23.7 Å². The Morgan fingerprint density at radius 2 is 1.89 bits per heavy atom. The van der Waals surface area contributed by atoms with Gasteiger partial charge in [-0.05, 0) is 24.3 Å². The molecule has 9 nitrogen and oxygen atoms in total. The van der Waals surface area contributed by atoms with Gasteiger partial charge < -0.3 is 19.5 Å². The van der Waals surface area contributed by atoms with Crippen molar-refractivity contribution >= 4 is 34.9 Å². The molecule has 1 heterocycles. The van der Waals surface area contributed by atoms with Crippen molar-refractivity contribution in [2.75, 3.05) is 25.1 Å². The van der Waals surface area contributed by atoms with Crippen LogP contribution in [0.1, 0.15) is 16.8 Å². The van der Waals surface area contributed by atoms with Crippen molar-refractivity contribution in [3.8, 4) is 11.5 Å². The van der Waals surface area contributed by atoms with Crippen LogP contribution in [-0.4, -0.2) is 36.6 Å². The van der Waals surface area contributed by atoms with Gasteiger partial charge >= 0.3 is 5.97 Å². The lowest BCUT2D eigenvalue weighted by atomic mass is 10.2. The van der Waals surface area contributed by atoms with Gasteiger partial charge in [-0.25, -0.2) is 4.79 Å². The molecule has 0 saturated carbocycles. The van der Waals surface area contributed by atoms with E-state index in [-0.39, 0.29) is 10.6 Å². The summed E-state index contributed by atoms with van der Waals surface area (Å²) in [5, 5.41) is 13.3. The summed E-state index contributed by atoms with van der Waals surface area (Å²) in [5.41, 5.74) is -0.0559. The number of carbonyl (C=O) groups excluding carboxylic acids is 2. The number of esters is 1. The van der Waals surface area contributed by atoms with E-state index >= 15 is 0 Å². The second-order valence-corrected chi connectivity index (χ2v) is 6.17. The zero-order valence-corrected chi connectivity index (χ0v) is 15.2. The Morgan fingerprint density at radius 1 is 1.14 bits per heavy atom. The van der Waals surface area contributed by atoms with Crippen LogP contribution in [0.5, 0.6) is 11.5 Å². The summed E-state index contributed by atoms with van der Waals surface area (Å²) in [5.74, 6) is -0.355. The van der Waals surface area contributed by atoms with Gasteiger partial charge in [-0.1, -0.05) is 11.6 Å². The molecule has 0 radical (unpaired) electrons. The molecule has 0 fully saturated rings. The molecule has 1 N–H and O–H groups in total. The van der Waals surface area contributed by atoms with E-state index < -0.39 is 29.1 Å². The molecule has 1 aliphatic heterocycles. The van der Waals surface area contributed by atoms with E-state index in [4.69, 9.17) is 25.8 Å². The Hall–Kier alpha value is -3.33. The first-order chi connectivity index (χ1) is 13.4. The van der Waals surface area contributed by atoms with Gasteiger partial charge in [0.25, 0.3) is 11.6 Å². The van der Waals surface area contributed by atoms with Crippen LogP contribution in [0.2, 0.25) is 5.02 Å². The number of ether oxygens (including phenoxy) is 3. The van der Waals surface area contributed by atoms with Crippen LogP contribution in [0.3, 0.4) is 0 Å². The number of rotatable bonds is 5. The van der Waals surface area contributed by atoms with Gasteiger partial charge in [-0.2, -0.15) is 0 Å². The van der Waals surface area contributed by atoms with E-state index in [1.165, 1.54) is 12.1 Å². The standard InChI is InChI=1S/C18H15ClN2O7/c19-13-4-2-11(8-14(13)21(24)25)18(23)28-10-17(22)20-12-3-5-15-16(9-12)27-7-1-6-26-15/h2-5,8-9H,1,6-7,10H2,(H,20,22). The minimum absolute atomic E-state index is 0.0838. The fraction of sp³-hybridized carbons (Fsp3) is 0.222. The smallest absolute Gasteiger partial charge is 0.338 e. The fourth-order valence-corrected chi connectivity index (χ4v) is 2.62. The number of nitrogens with one attached hydrogen (secondary N) is 1. The Bertz CT molecular complexity index is 932. The number of nitrogens with zero attached hydrogens (tertiary/aromatic N) is 1. The quantitative estimate of drug-likeness (QED) is 0.460. The Morgan fingerprint density at radius 3 is 2.64 bits per heavy atom. The number of anilines is 1. The Kier molecular flexibility index (Phi) is 5.95. The maximum absolute atomic E-state index is 12.0. The van der Waals surface area contributed by atoms with Crippen LogP contribution in [0.15, 0.2) is 36.4 Å². The van der Waals surface area contributed by atoms with E-state index in [1.807, 2.05) is 0 Å². The first kappa shape index (κ1) is 19.4. The molecule has 28 heavy (non-hydrogen) atoms. The number of halogens is 1. The number of fused-ring (bicyclic) bond motifs is 1. The molecule has 0 bridgehead atoms. The molecule has 2 aromatic rings. The Balaban J connectivity index is 1.58. The number of carbonyl (C=O) groups is 2.